The van der Waals surface area contributed by atoms with Gasteiger partial charge in [-0.3, -0.25) is 0 Å². The van der Waals surface area contributed by atoms with Crippen molar-refractivity contribution in [2.24, 2.45) is 0 Å². The Kier molecular flexibility index (Phi) is 3.87. The fraction of sp³-hybridized carbons (Fsp3) is 0.318. The minimum absolute atomic E-state index is 0.284. The second-order valence-electron chi connectivity index (χ2n) is 8.44. The van der Waals surface area contributed by atoms with Gasteiger partial charge in [0.2, 0.25) is 0 Å². The number of nitrogens with zero attached hydrogens (tertiary/aromatic N) is 5. The molecule has 0 saturated carbocycles. The molecule has 1 aliphatic rings. The van der Waals surface area contributed by atoms with Gasteiger partial charge < -0.3 is 14.2 Å². The molecular formula is C22H23N5O2. The Bertz CT molecular complexity index is 1230. The molecule has 7 nitrogen and oxygen atoms in total. The third-order valence-corrected chi connectivity index (χ3v) is 5.14. The lowest BCUT2D eigenvalue weighted by molar-refractivity contribution is 0.0233. The Morgan fingerprint density at radius 2 is 1.93 bits per heavy atom. The molecular weight excluding hydrogens is 366 g/mol. The summed E-state index contributed by atoms with van der Waals surface area (Å²) in [6, 6.07) is 14.2. The molecule has 3 heterocycles. The molecule has 0 fully saturated rings. The Hall–Kier alpha value is -3.35. The van der Waals surface area contributed by atoms with Crippen LogP contribution in [0.3, 0.4) is 0 Å². The number of para-hydroxylation sites is 1. The molecule has 2 aromatic carbocycles. The van der Waals surface area contributed by atoms with Crippen molar-refractivity contribution in [2.75, 3.05) is 6.54 Å². The minimum Gasteiger partial charge on any atom is -0.444 e. The Balaban J connectivity index is 1.59. The number of carbonyl (C=O) groups excluding carboxylic acids is 1. The Morgan fingerprint density at radius 1 is 1.10 bits per heavy atom. The molecule has 0 bridgehead atoms. The summed E-state index contributed by atoms with van der Waals surface area (Å²) in [5.74, 6) is 0. The first-order chi connectivity index (χ1) is 13.9. The number of aromatic nitrogens is 4. The standard InChI is InChI=1S/C22H23N5O2/c1-22(2,3)29-21(28)26-11-10-25-9-8-15-12-17(13-16(14-26)20(15)25)27-19-7-5-4-6-18(19)23-24-27/h4-9,12-13H,10-11,14H2,1-3H3. The number of ether oxygens (including phenoxy) is 1. The molecule has 1 amide bonds. The van der Waals surface area contributed by atoms with Crippen molar-refractivity contribution in [3.63, 3.8) is 0 Å². The fourth-order valence-corrected chi connectivity index (χ4v) is 3.91. The summed E-state index contributed by atoms with van der Waals surface area (Å²) in [4.78, 5) is 14.5. The van der Waals surface area contributed by atoms with Gasteiger partial charge in [0, 0.05) is 24.7 Å². The predicted octanol–water partition coefficient (Wildman–Crippen LogP) is 4.13. The van der Waals surface area contributed by atoms with Gasteiger partial charge in [0.25, 0.3) is 0 Å². The third kappa shape index (κ3) is 3.12. The molecule has 2 aromatic heterocycles. The molecule has 0 spiro atoms. The summed E-state index contributed by atoms with van der Waals surface area (Å²) in [7, 11) is 0. The van der Waals surface area contributed by atoms with Crippen LogP contribution in [0.25, 0.3) is 27.6 Å². The average Bonchev–Trinajstić information content (AvgIpc) is 3.22. The van der Waals surface area contributed by atoms with E-state index >= 15 is 0 Å². The lowest BCUT2D eigenvalue weighted by Gasteiger charge is -2.26. The van der Waals surface area contributed by atoms with Gasteiger partial charge in [0.1, 0.15) is 11.1 Å². The van der Waals surface area contributed by atoms with Crippen molar-refractivity contribution in [1.29, 1.82) is 0 Å². The van der Waals surface area contributed by atoms with E-state index in [0.29, 0.717) is 13.1 Å². The van der Waals surface area contributed by atoms with E-state index in [4.69, 9.17) is 4.74 Å². The van der Waals surface area contributed by atoms with Gasteiger partial charge in [-0.25, -0.2) is 9.48 Å². The van der Waals surface area contributed by atoms with Crippen LogP contribution in [0.2, 0.25) is 0 Å². The molecule has 0 radical (unpaired) electrons. The van der Waals surface area contributed by atoms with Crippen molar-refractivity contribution < 1.29 is 9.53 Å². The van der Waals surface area contributed by atoms with Crippen LogP contribution in [0, 0.1) is 0 Å². The molecule has 0 unspecified atom stereocenters. The molecule has 0 aliphatic carbocycles. The van der Waals surface area contributed by atoms with E-state index in [0.717, 1.165) is 39.7 Å². The largest absolute Gasteiger partial charge is 0.444 e. The van der Waals surface area contributed by atoms with E-state index in [1.54, 1.807) is 4.90 Å². The van der Waals surface area contributed by atoms with E-state index in [-0.39, 0.29) is 6.09 Å². The molecule has 29 heavy (non-hydrogen) atoms. The highest BCUT2D eigenvalue weighted by atomic mass is 16.6. The highest BCUT2D eigenvalue weighted by molar-refractivity contribution is 5.87. The zero-order valence-corrected chi connectivity index (χ0v) is 16.8. The number of fused-ring (bicyclic) bond motifs is 1. The van der Waals surface area contributed by atoms with Gasteiger partial charge in [-0.05, 0) is 56.7 Å². The normalized spacial score (nSPS) is 14.4. The molecule has 5 rings (SSSR count). The maximum absolute atomic E-state index is 12.7. The molecule has 148 valence electrons. The second kappa shape index (κ2) is 6.34. The molecule has 7 heteroatoms. The lowest BCUT2D eigenvalue weighted by Crippen LogP contribution is -2.37. The zero-order valence-electron chi connectivity index (χ0n) is 16.8. The summed E-state index contributed by atoms with van der Waals surface area (Å²) >= 11 is 0. The molecule has 0 atom stereocenters. The van der Waals surface area contributed by atoms with Crippen LogP contribution in [-0.4, -0.2) is 42.7 Å². The van der Waals surface area contributed by atoms with Gasteiger partial charge in [-0.15, -0.1) is 5.10 Å². The van der Waals surface area contributed by atoms with Crippen LogP contribution >= 0.6 is 0 Å². The van der Waals surface area contributed by atoms with Crippen molar-refractivity contribution in [3.05, 3.63) is 54.2 Å². The van der Waals surface area contributed by atoms with Gasteiger partial charge in [0.15, 0.2) is 0 Å². The first-order valence-corrected chi connectivity index (χ1v) is 9.79. The first-order valence-electron chi connectivity index (χ1n) is 9.79. The zero-order chi connectivity index (χ0) is 20.2. The number of hydrogen-bond donors (Lipinski definition) is 0. The van der Waals surface area contributed by atoms with E-state index in [1.807, 2.05) is 49.7 Å². The van der Waals surface area contributed by atoms with Crippen LogP contribution in [-0.2, 0) is 17.8 Å². The number of hydrogen-bond acceptors (Lipinski definition) is 4. The summed E-state index contributed by atoms with van der Waals surface area (Å²) in [6.07, 6.45) is 1.80. The highest BCUT2D eigenvalue weighted by Crippen LogP contribution is 2.29. The van der Waals surface area contributed by atoms with E-state index in [1.165, 1.54) is 0 Å². The van der Waals surface area contributed by atoms with E-state index in [2.05, 4.69) is 39.3 Å². The maximum atomic E-state index is 12.7. The van der Waals surface area contributed by atoms with Crippen LogP contribution < -0.4 is 0 Å². The first kappa shape index (κ1) is 17.7. The fourth-order valence-electron chi connectivity index (χ4n) is 3.91. The van der Waals surface area contributed by atoms with Crippen molar-refractivity contribution in [1.82, 2.24) is 24.5 Å². The van der Waals surface area contributed by atoms with Crippen molar-refractivity contribution in [2.45, 2.75) is 39.5 Å². The van der Waals surface area contributed by atoms with E-state index in [9.17, 15) is 4.79 Å². The van der Waals surface area contributed by atoms with Gasteiger partial charge in [-0.1, -0.05) is 17.3 Å². The molecule has 0 saturated heterocycles. The van der Waals surface area contributed by atoms with Gasteiger partial charge in [0.05, 0.1) is 23.3 Å². The van der Waals surface area contributed by atoms with Crippen LogP contribution in [0.15, 0.2) is 48.7 Å². The van der Waals surface area contributed by atoms with Crippen LogP contribution in [0.4, 0.5) is 4.79 Å². The number of rotatable bonds is 1. The highest BCUT2D eigenvalue weighted by Gasteiger charge is 2.26. The molecule has 0 N–H and O–H groups in total. The van der Waals surface area contributed by atoms with E-state index < -0.39 is 5.60 Å². The van der Waals surface area contributed by atoms with Crippen molar-refractivity contribution >= 4 is 28.0 Å². The van der Waals surface area contributed by atoms with Crippen LogP contribution in [0.1, 0.15) is 26.3 Å². The monoisotopic (exact) mass is 389 g/mol. The minimum atomic E-state index is -0.518. The maximum Gasteiger partial charge on any atom is 0.410 e. The average molecular weight is 389 g/mol. The number of benzene rings is 2. The number of carbonyl (C=O) groups is 1. The topological polar surface area (TPSA) is 65.2 Å². The Morgan fingerprint density at radius 3 is 2.76 bits per heavy atom. The third-order valence-electron chi connectivity index (χ3n) is 5.14. The van der Waals surface area contributed by atoms with Crippen LogP contribution in [0.5, 0.6) is 0 Å². The second-order valence-corrected chi connectivity index (χ2v) is 8.44. The summed E-state index contributed by atoms with van der Waals surface area (Å²) < 4.78 is 9.67. The summed E-state index contributed by atoms with van der Waals surface area (Å²) in [6.45, 7) is 7.51. The molecule has 4 aromatic rings. The van der Waals surface area contributed by atoms with Crippen molar-refractivity contribution in [3.8, 4) is 5.69 Å². The van der Waals surface area contributed by atoms with Gasteiger partial charge in [-0.2, -0.15) is 0 Å². The smallest absolute Gasteiger partial charge is 0.410 e. The Labute approximate surface area is 168 Å². The quantitative estimate of drug-likeness (QED) is 0.491. The van der Waals surface area contributed by atoms with Gasteiger partial charge >= 0.3 is 6.09 Å². The predicted molar refractivity (Wildman–Crippen MR) is 111 cm³/mol. The SMILES string of the molecule is CC(C)(C)OC(=O)N1CCn2ccc3cc(-n4nnc5ccccc54)cc(c32)C1. The molecule has 1 aliphatic heterocycles. The lowest BCUT2D eigenvalue weighted by atomic mass is 10.1. The number of amides is 1. The summed E-state index contributed by atoms with van der Waals surface area (Å²) in [5.41, 5.74) is 4.46. The summed E-state index contributed by atoms with van der Waals surface area (Å²) in [5, 5.41) is 9.76.